The Kier molecular flexibility index (Phi) is 4.43. The normalized spacial score (nSPS) is 10.8. The van der Waals surface area contributed by atoms with Gasteiger partial charge >= 0.3 is 0 Å². The molecule has 2 nitrogen and oxygen atoms in total. The molecule has 0 radical (unpaired) electrons. The molecule has 122 valence electrons. The van der Waals surface area contributed by atoms with Crippen molar-refractivity contribution in [3.8, 4) is 28.1 Å². The molecule has 1 aromatic heterocycles. The van der Waals surface area contributed by atoms with E-state index in [2.05, 4.69) is 34.3 Å². The first-order valence-electron chi connectivity index (χ1n) is 7.88. The Hall–Kier alpha value is -2.36. The number of rotatable bonds is 3. The van der Waals surface area contributed by atoms with E-state index < -0.39 is 0 Å². The third kappa shape index (κ3) is 3.39. The molecule has 0 aliphatic carbocycles. The number of nitrogens with zero attached hydrogens (tertiary/aromatic N) is 2. The van der Waals surface area contributed by atoms with E-state index in [1.807, 2.05) is 71.4 Å². The quantitative estimate of drug-likeness (QED) is 0.371. The smallest absolute Gasteiger partial charge is 0.101 e. The third-order valence-corrected chi connectivity index (χ3v) is 4.79. The first-order valence-corrected chi connectivity index (χ1v) is 9.05. The van der Waals surface area contributed by atoms with Gasteiger partial charge in [-0.05, 0) is 42.0 Å². The molecule has 0 aliphatic rings. The molecule has 4 rings (SSSR count). The Morgan fingerprint density at radius 2 is 1.40 bits per heavy atom. The molecule has 0 N–H and O–H groups in total. The highest BCUT2D eigenvalue weighted by atomic mass is 79.9. The van der Waals surface area contributed by atoms with E-state index in [4.69, 9.17) is 16.7 Å². The number of halogens is 2. The van der Waals surface area contributed by atoms with Crippen LogP contribution in [0.5, 0.6) is 0 Å². The Morgan fingerprint density at radius 1 is 0.760 bits per heavy atom. The van der Waals surface area contributed by atoms with Gasteiger partial charge < -0.3 is 0 Å². The van der Waals surface area contributed by atoms with Crippen LogP contribution in [0, 0.1) is 0 Å². The fraction of sp³-hybridized carbons (Fsp3) is 0. The summed E-state index contributed by atoms with van der Waals surface area (Å²) in [5.74, 6) is 0. The van der Waals surface area contributed by atoms with Gasteiger partial charge in [0.2, 0.25) is 0 Å². The lowest BCUT2D eigenvalue weighted by Gasteiger charge is -2.03. The molecule has 0 aliphatic heterocycles. The van der Waals surface area contributed by atoms with Gasteiger partial charge in [-0.25, -0.2) is 4.68 Å². The van der Waals surface area contributed by atoms with Crippen molar-refractivity contribution in [1.82, 2.24) is 9.78 Å². The summed E-state index contributed by atoms with van der Waals surface area (Å²) < 4.78 is 2.97. The third-order valence-electron chi connectivity index (χ3n) is 4.01. The largest absolute Gasteiger partial charge is 0.240 e. The Morgan fingerprint density at radius 3 is 2.08 bits per heavy atom. The van der Waals surface area contributed by atoms with Crippen LogP contribution in [0.25, 0.3) is 28.1 Å². The van der Waals surface area contributed by atoms with Crippen LogP contribution in [0.15, 0.2) is 89.5 Å². The SMILES string of the molecule is Clc1ccc(-c2nn(-c3ccccc3)cc2-c2ccc(Br)cc2)cc1. The molecule has 1 heterocycles. The molecule has 3 aromatic carbocycles. The molecule has 0 saturated carbocycles. The molecule has 0 spiro atoms. The summed E-state index contributed by atoms with van der Waals surface area (Å²) in [4.78, 5) is 0. The maximum atomic E-state index is 6.04. The molecule has 0 fully saturated rings. The summed E-state index contributed by atoms with van der Waals surface area (Å²) in [5, 5.41) is 5.56. The van der Waals surface area contributed by atoms with Crippen molar-refractivity contribution in [2.75, 3.05) is 0 Å². The van der Waals surface area contributed by atoms with Crippen molar-refractivity contribution in [3.63, 3.8) is 0 Å². The second-order valence-corrected chi connectivity index (χ2v) is 7.04. The number of hydrogen-bond donors (Lipinski definition) is 0. The van der Waals surface area contributed by atoms with Gasteiger partial charge in [0.15, 0.2) is 0 Å². The van der Waals surface area contributed by atoms with E-state index in [1.54, 1.807) is 0 Å². The van der Waals surface area contributed by atoms with Crippen LogP contribution in [0.4, 0.5) is 0 Å². The Balaban J connectivity index is 1.89. The number of para-hydroxylation sites is 1. The zero-order valence-electron chi connectivity index (χ0n) is 13.2. The minimum atomic E-state index is 0.719. The lowest BCUT2D eigenvalue weighted by atomic mass is 10.0. The van der Waals surface area contributed by atoms with Crippen molar-refractivity contribution < 1.29 is 0 Å². The van der Waals surface area contributed by atoms with Gasteiger partial charge in [0.25, 0.3) is 0 Å². The van der Waals surface area contributed by atoms with Gasteiger partial charge in [-0.15, -0.1) is 0 Å². The molecule has 0 unspecified atom stereocenters. The minimum Gasteiger partial charge on any atom is -0.240 e. The van der Waals surface area contributed by atoms with Crippen molar-refractivity contribution in [2.45, 2.75) is 0 Å². The van der Waals surface area contributed by atoms with E-state index in [-0.39, 0.29) is 0 Å². The summed E-state index contributed by atoms with van der Waals surface area (Å²) in [6.07, 6.45) is 2.07. The second kappa shape index (κ2) is 6.87. The summed E-state index contributed by atoms with van der Waals surface area (Å²) >= 11 is 9.54. The molecule has 0 amide bonds. The zero-order chi connectivity index (χ0) is 17.2. The standard InChI is InChI=1S/C21H14BrClN2/c22-17-10-6-15(7-11-17)20-14-25(19-4-2-1-3-5-19)24-21(20)16-8-12-18(23)13-9-16/h1-14H. The summed E-state index contributed by atoms with van der Waals surface area (Å²) in [6.45, 7) is 0. The van der Waals surface area contributed by atoms with Gasteiger partial charge in [0, 0.05) is 26.8 Å². The molecule has 25 heavy (non-hydrogen) atoms. The number of aromatic nitrogens is 2. The van der Waals surface area contributed by atoms with E-state index in [0.717, 1.165) is 37.6 Å². The highest BCUT2D eigenvalue weighted by Gasteiger charge is 2.14. The number of benzene rings is 3. The Labute approximate surface area is 159 Å². The van der Waals surface area contributed by atoms with E-state index in [0.29, 0.717) is 0 Å². The van der Waals surface area contributed by atoms with Gasteiger partial charge in [0.05, 0.1) is 5.69 Å². The average molecular weight is 410 g/mol. The van der Waals surface area contributed by atoms with Gasteiger partial charge in [0.1, 0.15) is 5.69 Å². The highest BCUT2D eigenvalue weighted by Crippen LogP contribution is 2.33. The van der Waals surface area contributed by atoms with Crippen molar-refractivity contribution >= 4 is 27.5 Å². The monoisotopic (exact) mass is 408 g/mol. The first kappa shape index (κ1) is 16.1. The van der Waals surface area contributed by atoms with Crippen LogP contribution in [0.2, 0.25) is 5.02 Å². The molecule has 0 atom stereocenters. The summed E-state index contributed by atoms with van der Waals surface area (Å²) in [5.41, 5.74) is 5.20. The van der Waals surface area contributed by atoms with Gasteiger partial charge in [-0.1, -0.05) is 70.0 Å². The van der Waals surface area contributed by atoms with Crippen molar-refractivity contribution in [3.05, 3.63) is 94.6 Å². The van der Waals surface area contributed by atoms with Crippen LogP contribution in [-0.4, -0.2) is 9.78 Å². The van der Waals surface area contributed by atoms with Gasteiger partial charge in [-0.2, -0.15) is 5.10 Å². The van der Waals surface area contributed by atoms with Gasteiger partial charge in [-0.3, -0.25) is 0 Å². The first-order chi connectivity index (χ1) is 12.2. The number of hydrogen-bond acceptors (Lipinski definition) is 1. The molecular formula is C21H14BrClN2. The minimum absolute atomic E-state index is 0.719. The van der Waals surface area contributed by atoms with Crippen LogP contribution in [0.3, 0.4) is 0 Å². The molecule has 0 bridgehead atoms. The summed E-state index contributed by atoms with van der Waals surface area (Å²) in [7, 11) is 0. The van der Waals surface area contributed by atoms with E-state index in [1.165, 1.54) is 0 Å². The van der Waals surface area contributed by atoms with Crippen molar-refractivity contribution in [1.29, 1.82) is 0 Å². The molecular weight excluding hydrogens is 396 g/mol. The average Bonchev–Trinajstić information content (AvgIpc) is 3.09. The lowest BCUT2D eigenvalue weighted by Crippen LogP contribution is -1.93. The van der Waals surface area contributed by atoms with E-state index >= 15 is 0 Å². The van der Waals surface area contributed by atoms with Crippen LogP contribution < -0.4 is 0 Å². The van der Waals surface area contributed by atoms with E-state index in [9.17, 15) is 0 Å². The highest BCUT2D eigenvalue weighted by molar-refractivity contribution is 9.10. The zero-order valence-corrected chi connectivity index (χ0v) is 15.6. The predicted octanol–water partition coefficient (Wildman–Crippen LogP) is 6.62. The van der Waals surface area contributed by atoms with Crippen molar-refractivity contribution in [2.24, 2.45) is 0 Å². The maximum Gasteiger partial charge on any atom is 0.101 e. The lowest BCUT2D eigenvalue weighted by molar-refractivity contribution is 0.884. The fourth-order valence-electron chi connectivity index (χ4n) is 2.75. The van der Waals surface area contributed by atoms with Crippen LogP contribution in [-0.2, 0) is 0 Å². The fourth-order valence-corrected chi connectivity index (χ4v) is 3.14. The van der Waals surface area contributed by atoms with Crippen LogP contribution >= 0.6 is 27.5 Å². The Bertz CT molecular complexity index is 928. The predicted molar refractivity (Wildman–Crippen MR) is 107 cm³/mol. The second-order valence-electron chi connectivity index (χ2n) is 5.69. The molecule has 0 saturated heterocycles. The van der Waals surface area contributed by atoms with Crippen LogP contribution in [0.1, 0.15) is 0 Å². The topological polar surface area (TPSA) is 17.8 Å². The maximum absolute atomic E-state index is 6.04. The molecule has 4 aromatic rings. The molecule has 4 heteroatoms. The summed E-state index contributed by atoms with van der Waals surface area (Å²) in [6, 6.07) is 26.2.